The Morgan fingerprint density at radius 1 is 1.53 bits per heavy atom. The largest absolute Gasteiger partial charge is 0.323 e. The van der Waals surface area contributed by atoms with Crippen LogP contribution in [-0.2, 0) is 12.8 Å². The summed E-state index contributed by atoms with van der Waals surface area (Å²) in [5.41, 5.74) is 7.35. The topological polar surface area (TPSA) is 42.2 Å². The van der Waals surface area contributed by atoms with Crippen molar-refractivity contribution in [2.75, 3.05) is 20.6 Å². The quantitative estimate of drug-likeness (QED) is 0.849. The Hall–Kier alpha value is -0.450. The predicted molar refractivity (Wildman–Crippen MR) is 64.2 cm³/mol. The van der Waals surface area contributed by atoms with E-state index in [-0.39, 0.29) is 6.04 Å². The van der Waals surface area contributed by atoms with E-state index in [0.29, 0.717) is 0 Å². The number of nitrogens with zero attached hydrogens (tertiary/aromatic N) is 2. The highest BCUT2D eigenvalue weighted by Gasteiger charge is 2.21. The molecule has 0 amide bonds. The molecule has 0 saturated carbocycles. The Balaban J connectivity index is 2.08. The normalized spacial score (nSPS) is 20.7. The van der Waals surface area contributed by atoms with Gasteiger partial charge in [-0.1, -0.05) is 0 Å². The summed E-state index contributed by atoms with van der Waals surface area (Å²) in [6.07, 6.45) is 4.51. The Morgan fingerprint density at radius 2 is 2.33 bits per heavy atom. The number of rotatable bonds is 3. The monoisotopic (exact) mass is 225 g/mol. The third-order valence-corrected chi connectivity index (χ3v) is 4.10. The third-order valence-electron chi connectivity index (χ3n) is 2.81. The summed E-state index contributed by atoms with van der Waals surface area (Å²) in [7, 11) is 4.19. The lowest BCUT2D eigenvalue weighted by molar-refractivity contribution is 0.413. The molecule has 2 N–H and O–H groups in total. The number of fused-ring (bicyclic) bond motifs is 1. The van der Waals surface area contributed by atoms with E-state index in [1.54, 1.807) is 0 Å². The van der Waals surface area contributed by atoms with Gasteiger partial charge in [-0.05, 0) is 33.4 Å². The maximum atomic E-state index is 6.08. The van der Waals surface area contributed by atoms with Gasteiger partial charge in [-0.2, -0.15) is 0 Å². The SMILES string of the molecule is CN(C)CCc1nc2c(s1)C(N)CCC2. The van der Waals surface area contributed by atoms with E-state index in [4.69, 9.17) is 5.73 Å². The highest BCUT2D eigenvalue weighted by atomic mass is 32.1. The molecule has 15 heavy (non-hydrogen) atoms. The van der Waals surface area contributed by atoms with Crippen molar-refractivity contribution in [2.45, 2.75) is 31.7 Å². The van der Waals surface area contributed by atoms with Crippen molar-refractivity contribution >= 4 is 11.3 Å². The van der Waals surface area contributed by atoms with E-state index in [9.17, 15) is 0 Å². The lowest BCUT2D eigenvalue weighted by Gasteiger charge is -2.15. The van der Waals surface area contributed by atoms with Crippen LogP contribution in [0.25, 0.3) is 0 Å². The average Bonchev–Trinajstić information content (AvgIpc) is 2.59. The minimum absolute atomic E-state index is 0.249. The molecule has 2 rings (SSSR count). The third kappa shape index (κ3) is 2.56. The first-order valence-corrected chi connectivity index (χ1v) is 6.37. The van der Waals surface area contributed by atoms with Crippen LogP contribution in [0.4, 0.5) is 0 Å². The van der Waals surface area contributed by atoms with Gasteiger partial charge < -0.3 is 10.6 Å². The molecule has 0 spiro atoms. The van der Waals surface area contributed by atoms with Crippen molar-refractivity contribution in [2.24, 2.45) is 5.73 Å². The summed E-state index contributed by atoms with van der Waals surface area (Å²) >= 11 is 1.82. The first-order chi connectivity index (χ1) is 7.16. The summed E-state index contributed by atoms with van der Waals surface area (Å²) in [4.78, 5) is 8.22. The fraction of sp³-hybridized carbons (Fsp3) is 0.727. The fourth-order valence-corrected chi connectivity index (χ4v) is 3.07. The molecule has 1 aromatic rings. The maximum absolute atomic E-state index is 6.08. The molecule has 4 heteroatoms. The van der Waals surface area contributed by atoms with Crippen molar-refractivity contribution in [3.05, 3.63) is 15.6 Å². The van der Waals surface area contributed by atoms with Crippen molar-refractivity contribution < 1.29 is 0 Å². The van der Waals surface area contributed by atoms with Gasteiger partial charge in [-0.25, -0.2) is 4.98 Å². The van der Waals surface area contributed by atoms with E-state index in [1.807, 2.05) is 11.3 Å². The Labute approximate surface area is 95.3 Å². The van der Waals surface area contributed by atoms with Crippen LogP contribution in [0.3, 0.4) is 0 Å². The van der Waals surface area contributed by atoms with Gasteiger partial charge in [-0.15, -0.1) is 11.3 Å². The predicted octanol–water partition coefficient (Wildman–Crippen LogP) is 1.58. The minimum atomic E-state index is 0.249. The first kappa shape index (κ1) is 11.0. The Morgan fingerprint density at radius 3 is 3.00 bits per heavy atom. The molecule has 0 radical (unpaired) electrons. The molecule has 0 saturated heterocycles. The molecular formula is C11H19N3S. The van der Waals surface area contributed by atoms with Gasteiger partial charge >= 0.3 is 0 Å². The van der Waals surface area contributed by atoms with Gasteiger partial charge in [0.2, 0.25) is 0 Å². The minimum Gasteiger partial charge on any atom is -0.323 e. The van der Waals surface area contributed by atoms with Crippen LogP contribution < -0.4 is 5.73 Å². The lowest BCUT2D eigenvalue weighted by atomic mass is 9.99. The molecule has 0 aliphatic heterocycles. The lowest BCUT2D eigenvalue weighted by Crippen LogP contribution is -2.15. The molecule has 1 aromatic heterocycles. The zero-order valence-electron chi connectivity index (χ0n) is 9.49. The van der Waals surface area contributed by atoms with Crippen LogP contribution in [-0.4, -0.2) is 30.5 Å². The zero-order chi connectivity index (χ0) is 10.8. The van der Waals surface area contributed by atoms with Crippen LogP contribution in [0.5, 0.6) is 0 Å². The summed E-state index contributed by atoms with van der Waals surface area (Å²) < 4.78 is 0. The second-order valence-electron chi connectivity index (χ2n) is 4.47. The van der Waals surface area contributed by atoms with Gasteiger partial charge in [0, 0.05) is 23.9 Å². The Bertz CT molecular complexity index is 333. The molecule has 1 aliphatic carbocycles. The second-order valence-corrected chi connectivity index (χ2v) is 5.59. The van der Waals surface area contributed by atoms with Crippen LogP contribution in [0, 0.1) is 0 Å². The number of aryl methyl sites for hydroxylation is 1. The van der Waals surface area contributed by atoms with Gasteiger partial charge in [0.15, 0.2) is 0 Å². The van der Waals surface area contributed by atoms with Gasteiger partial charge in [0.1, 0.15) is 0 Å². The highest BCUT2D eigenvalue weighted by Crippen LogP contribution is 2.32. The van der Waals surface area contributed by atoms with Crippen LogP contribution >= 0.6 is 11.3 Å². The van der Waals surface area contributed by atoms with Crippen LogP contribution in [0.1, 0.15) is 34.5 Å². The Kier molecular flexibility index (Phi) is 3.38. The fourth-order valence-electron chi connectivity index (χ4n) is 1.93. The maximum Gasteiger partial charge on any atom is 0.0944 e. The molecule has 0 bridgehead atoms. The van der Waals surface area contributed by atoms with Crippen LogP contribution in [0.15, 0.2) is 0 Å². The summed E-state index contributed by atoms with van der Waals surface area (Å²) in [5, 5.41) is 1.26. The van der Waals surface area contributed by atoms with Crippen molar-refractivity contribution in [1.82, 2.24) is 9.88 Å². The standard InChI is InChI=1S/C11H19N3S/c1-14(2)7-6-10-13-9-5-3-4-8(12)11(9)15-10/h8H,3-7,12H2,1-2H3. The molecule has 0 aromatic carbocycles. The number of likely N-dealkylation sites (N-methyl/N-ethyl adjacent to an activating group) is 1. The molecular weight excluding hydrogens is 206 g/mol. The number of hydrogen-bond donors (Lipinski definition) is 1. The summed E-state index contributed by atoms with van der Waals surface area (Å²) in [5.74, 6) is 0. The van der Waals surface area contributed by atoms with E-state index in [0.717, 1.165) is 25.8 Å². The van der Waals surface area contributed by atoms with Crippen molar-refractivity contribution in [3.63, 3.8) is 0 Å². The molecule has 1 heterocycles. The molecule has 84 valence electrons. The van der Waals surface area contributed by atoms with E-state index < -0.39 is 0 Å². The molecule has 0 fully saturated rings. The number of hydrogen-bond acceptors (Lipinski definition) is 4. The highest BCUT2D eigenvalue weighted by molar-refractivity contribution is 7.11. The smallest absolute Gasteiger partial charge is 0.0944 e. The molecule has 1 atom stereocenters. The van der Waals surface area contributed by atoms with Crippen molar-refractivity contribution in [3.8, 4) is 0 Å². The molecule has 3 nitrogen and oxygen atoms in total. The van der Waals surface area contributed by atoms with E-state index in [1.165, 1.54) is 22.0 Å². The summed E-state index contributed by atoms with van der Waals surface area (Å²) in [6.45, 7) is 1.07. The van der Waals surface area contributed by atoms with E-state index >= 15 is 0 Å². The molecule has 1 unspecified atom stereocenters. The summed E-state index contributed by atoms with van der Waals surface area (Å²) in [6, 6.07) is 0.249. The molecule has 1 aliphatic rings. The second kappa shape index (κ2) is 4.60. The number of aromatic nitrogens is 1. The van der Waals surface area contributed by atoms with Gasteiger partial charge in [-0.3, -0.25) is 0 Å². The van der Waals surface area contributed by atoms with E-state index in [2.05, 4.69) is 24.0 Å². The number of nitrogens with two attached hydrogens (primary N) is 1. The van der Waals surface area contributed by atoms with Gasteiger partial charge in [0.05, 0.1) is 10.7 Å². The van der Waals surface area contributed by atoms with Crippen molar-refractivity contribution in [1.29, 1.82) is 0 Å². The number of thiazole rings is 1. The first-order valence-electron chi connectivity index (χ1n) is 5.55. The van der Waals surface area contributed by atoms with Crippen LogP contribution in [0.2, 0.25) is 0 Å². The average molecular weight is 225 g/mol. The van der Waals surface area contributed by atoms with Gasteiger partial charge in [0.25, 0.3) is 0 Å². The zero-order valence-corrected chi connectivity index (χ0v) is 10.3.